The smallest absolute Gasteiger partial charge is 0.228 e. The van der Waals surface area contributed by atoms with E-state index in [4.69, 9.17) is 10.2 Å². The molecule has 0 spiro atoms. The Balaban J connectivity index is 2.23. The fourth-order valence-corrected chi connectivity index (χ4v) is 2.54. The quantitative estimate of drug-likeness (QED) is 0.687. The predicted octanol–water partition coefficient (Wildman–Crippen LogP) is 4.15. The molecule has 0 aliphatic rings. The van der Waals surface area contributed by atoms with Crippen LogP contribution in [0, 0.1) is 6.92 Å². The third-order valence-electron chi connectivity index (χ3n) is 2.81. The number of aryl methyl sites for hydroxylation is 1. The van der Waals surface area contributed by atoms with Crippen LogP contribution >= 0.6 is 15.9 Å². The summed E-state index contributed by atoms with van der Waals surface area (Å²) in [4.78, 5) is 4.45. The second-order valence-electron chi connectivity index (χ2n) is 4.20. The lowest BCUT2D eigenvalue weighted by molar-refractivity contribution is 0.619. The zero-order valence-corrected chi connectivity index (χ0v) is 11.4. The zero-order chi connectivity index (χ0) is 12.7. The maximum absolute atomic E-state index is 5.88. The molecule has 2 aromatic carbocycles. The SMILES string of the molecule is Cc1ccc(-c2nc3c(N)cccc3o2)c(Br)c1. The highest BCUT2D eigenvalue weighted by atomic mass is 79.9. The molecule has 1 heterocycles. The maximum Gasteiger partial charge on any atom is 0.228 e. The first-order valence-electron chi connectivity index (χ1n) is 5.57. The molecule has 3 nitrogen and oxygen atoms in total. The molecular formula is C14H11BrN2O. The number of nitrogens with zero attached hydrogens (tertiary/aromatic N) is 1. The van der Waals surface area contributed by atoms with E-state index in [9.17, 15) is 0 Å². The lowest BCUT2D eigenvalue weighted by Gasteiger charge is -2.00. The predicted molar refractivity (Wildman–Crippen MR) is 76.3 cm³/mol. The first-order valence-corrected chi connectivity index (χ1v) is 6.36. The largest absolute Gasteiger partial charge is 0.436 e. The molecule has 18 heavy (non-hydrogen) atoms. The summed E-state index contributed by atoms with van der Waals surface area (Å²) in [5, 5.41) is 0. The number of rotatable bonds is 1. The minimum atomic E-state index is 0.578. The summed E-state index contributed by atoms with van der Waals surface area (Å²) in [6.07, 6.45) is 0. The number of aromatic nitrogens is 1. The number of nitrogen functional groups attached to an aromatic ring is 1. The van der Waals surface area contributed by atoms with Crippen molar-refractivity contribution in [3.63, 3.8) is 0 Å². The molecule has 0 atom stereocenters. The van der Waals surface area contributed by atoms with Crippen molar-refractivity contribution < 1.29 is 4.42 Å². The number of halogens is 1. The minimum absolute atomic E-state index is 0.578. The van der Waals surface area contributed by atoms with Gasteiger partial charge >= 0.3 is 0 Å². The molecule has 0 saturated heterocycles. The van der Waals surface area contributed by atoms with E-state index >= 15 is 0 Å². The molecule has 2 N–H and O–H groups in total. The van der Waals surface area contributed by atoms with E-state index in [2.05, 4.69) is 20.9 Å². The van der Waals surface area contributed by atoms with Gasteiger partial charge in [-0.1, -0.05) is 12.1 Å². The van der Waals surface area contributed by atoms with E-state index in [0.717, 1.165) is 10.0 Å². The van der Waals surface area contributed by atoms with E-state index < -0.39 is 0 Å². The van der Waals surface area contributed by atoms with Crippen molar-refractivity contribution in [1.29, 1.82) is 0 Å². The van der Waals surface area contributed by atoms with Gasteiger partial charge in [-0.2, -0.15) is 0 Å². The van der Waals surface area contributed by atoms with Gasteiger partial charge in [0.05, 0.1) is 11.3 Å². The molecule has 3 aromatic rings. The molecule has 3 rings (SSSR count). The number of anilines is 1. The van der Waals surface area contributed by atoms with E-state index in [-0.39, 0.29) is 0 Å². The van der Waals surface area contributed by atoms with Crippen LogP contribution in [-0.4, -0.2) is 4.98 Å². The van der Waals surface area contributed by atoms with Crippen LogP contribution in [-0.2, 0) is 0 Å². The molecule has 0 amide bonds. The number of hydrogen-bond acceptors (Lipinski definition) is 3. The second-order valence-corrected chi connectivity index (χ2v) is 5.05. The Kier molecular flexibility index (Phi) is 2.59. The monoisotopic (exact) mass is 302 g/mol. The van der Waals surface area contributed by atoms with Crippen molar-refractivity contribution in [2.75, 3.05) is 5.73 Å². The van der Waals surface area contributed by atoms with Gasteiger partial charge in [-0.25, -0.2) is 4.98 Å². The average molecular weight is 303 g/mol. The number of oxazole rings is 1. The number of benzene rings is 2. The topological polar surface area (TPSA) is 52.0 Å². The molecule has 0 aliphatic heterocycles. The standard InChI is InChI=1S/C14H11BrN2O/c1-8-5-6-9(10(15)7-8)14-17-13-11(16)3-2-4-12(13)18-14/h2-7H,16H2,1H3. The molecule has 0 bridgehead atoms. The Hall–Kier alpha value is -1.81. The van der Waals surface area contributed by atoms with Gasteiger partial charge in [0.25, 0.3) is 0 Å². The number of hydrogen-bond donors (Lipinski definition) is 1. The van der Waals surface area contributed by atoms with Gasteiger partial charge in [0.2, 0.25) is 5.89 Å². The van der Waals surface area contributed by atoms with Gasteiger partial charge in [-0.15, -0.1) is 0 Å². The van der Waals surface area contributed by atoms with Gasteiger partial charge in [-0.3, -0.25) is 0 Å². The highest BCUT2D eigenvalue weighted by Crippen LogP contribution is 2.32. The maximum atomic E-state index is 5.88. The third-order valence-corrected chi connectivity index (χ3v) is 3.46. The second kappa shape index (κ2) is 4.14. The first kappa shape index (κ1) is 11.3. The summed E-state index contributed by atoms with van der Waals surface area (Å²) in [6, 6.07) is 11.6. The lowest BCUT2D eigenvalue weighted by Crippen LogP contribution is -1.85. The molecule has 1 aromatic heterocycles. The summed E-state index contributed by atoms with van der Waals surface area (Å²) in [7, 11) is 0. The van der Waals surface area contributed by atoms with Gasteiger partial charge < -0.3 is 10.2 Å². The van der Waals surface area contributed by atoms with Crippen LogP contribution in [0.4, 0.5) is 5.69 Å². The Labute approximate surface area is 113 Å². The third kappa shape index (κ3) is 1.78. The Morgan fingerprint density at radius 1 is 1.22 bits per heavy atom. The minimum Gasteiger partial charge on any atom is -0.436 e. The Morgan fingerprint density at radius 2 is 2.06 bits per heavy atom. The van der Waals surface area contributed by atoms with Crippen LogP contribution in [0.15, 0.2) is 45.3 Å². The molecule has 4 heteroatoms. The highest BCUT2D eigenvalue weighted by molar-refractivity contribution is 9.10. The zero-order valence-electron chi connectivity index (χ0n) is 9.77. The van der Waals surface area contributed by atoms with E-state index in [1.54, 1.807) is 0 Å². The molecule has 90 valence electrons. The molecule has 0 radical (unpaired) electrons. The summed E-state index contributed by atoms with van der Waals surface area (Å²) in [5.74, 6) is 0.578. The number of nitrogens with two attached hydrogens (primary N) is 1. The summed E-state index contributed by atoms with van der Waals surface area (Å²) in [5.41, 5.74) is 10.0. The van der Waals surface area contributed by atoms with Gasteiger partial charge in [0, 0.05) is 4.47 Å². The van der Waals surface area contributed by atoms with Crippen LogP contribution in [0.5, 0.6) is 0 Å². The van der Waals surface area contributed by atoms with Crippen molar-refractivity contribution in [2.24, 2.45) is 0 Å². The van der Waals surface area contributed by atoms with Crippen LogP contribution in [0.25, 0.3) is 22.6 Å². The highest BCUT2D eigenvalue weighted by Gasteiger charge is 2.12. The van der Waals surface area contributed by atoms with Crippen molar-refractivity contribution in [2.45, 2.75) is 6.92 Å². The van der Waals surface area contributed by atoms with Crippen molar-refractivity contribution >= 4 is 32.7 Å². The summed E-state index contributed by atoms with van der Waals surface area (Å²) >= 11 is 3.53. The van der Waals surface area contributed by atoms with Crippen molar-refractivity contribution in [3.05, 3.63) is 46.4 Å². The van der Waals surface area contributed by atoms with Crippen LogP contribution in [0.2, 0.25) is 0 Å². The number of para-hydroxylation sites is 1. The van der Waals surface area contributed by atoms with Crippen LogP contribution in [0.3, 0.4) is 0 Å². The van der Waals surface area contributed by atoms with Gasteiger partial charge in [-0.05, 0) is 52.7 Å². The fraction of sp³-hybridized carbons (Fsp3) is 0.0714. The van der Waals surface area contributed by atoms with E-state index in [1.807, 2.05) is 43.3 Å². The van der Waals surface area contributed by atoms with Gasteiger partial charge in [0.1, 0.15) is 5.52 Å². The lowest BCUT2D eigenvalue weighted by atomic mass is 10.1. The van der Waals surface area contributed by atoms with E-state index in [0.29, 0.717) is 22.7 Å². The molecule has 0 fully saturated rings. The fourth-order valence-electron chi connectivity index (χ4n) is 1.88. The Bertz CT molecular complexity index is 734. The average Bonchev–Trinajstić information content (AvgIpc) is 2.74. The summed E-state index contributed by atoms with van der Waals surface area (Å²) in [6.45, 7) is 2.04. The van der Waals surface area contributed by atoms with E-state index in [1.165, 1.54) is 5.56 Å². The first-order chi connectivity index (χ1) is 8.65. The number of fused-ring (bicyclic) bond motifs is 1. The normalized spacial score (nSPS) is 11.0. The van der Waals surface area contributed by atoms with Crippen LogP contribution in [0.1, 0.15) is 5.56 Å². The Morgan fingerprint density at radius 3 is 2.78 bits per heavy atom. The van der Waals surface area contributed by atoms with Crippen molar-refractivity contribution in [3.8, 4) is 11.5 Å². The molecule has 0 unspecified atom stereocenters. The van der Waals surface area contributed by atoms with Crippen molar-refractivity contribution in [1.82, 2.24) is 4.98 Å². The molecule has 0 aliphatic carbocycles. The van der Waals surface area contributed by atoms with Crippen LogP contribution < -0.4 is 5.73 Å². The molecule has 0 saturated carbocycles. The van der Waals surface area contributed by atoms with Gasteiger partial charge in [0.15, 0.2) is 5.58 Å². The molecular weight excluding hydrogens is 292 g/mol. The summed E-state index contributed by atoms with van der Waals surface area (Å²) < 4.78 is 6.70.